The molecule has 1 heterocycles. The lowest BCUT2D eigenvalue weighted by Crippen LogP contribution is -1.96. The first-order valence-corrected chi connectivity index (χ1v) is 5.84. The van der Waals surface area contributed by atoms with Gasteiger partial charge >= 0.3 is 0 Å². The number of nitrogens with zero attached hydrogens (tertiary/aromatic N) is 2. The minimum atomic E-state index is 0.440. The van der Waals surface area contributed by atoms with Gasteiger partial charge in [-0.15, -0.1) is 0 Å². The minimum Gasteiger partial charge on any atom is -0.238 e. The fourth-order valence-electron chi connectivity index (χ4n) is 1.47. The quantitative estimate of drug-likeness (QED) is 0.782. The highest BCUT2D eigenvalue weighted by Crippen LogP contribution is 2.28. The first-order chi connectivity index (χ1) is 7.59. The highest BCUT2D eigenvalue weighted by molar-refractivity contribution is 6.37. The number of benzene rings is 1. The van der Waals surface area contributed by atoms with E-state index in [1.165, 1.54) is 0 Å². The Hall–Kier alpha value is -0.990. The van der Waals surface area contributed by atoms with E-state index >= 15 is 0 Å². The zero-order valence-corrected chi connectivity index (χ0v) is 10.6. The van der Waals surface area contributed by atoms with Crippen molar-refractivity contribution in [1.82, 2.24) is 9.78 Å². The van der Waals surface area contributed by atoms with Crippen LogP contribution in [0.15, 0.2) is 30.6 Å². The molecule has 0 atom stereocenters. The highest BCUT2D eigenvalue weighted by Gasteiger charge is 2.10. The standard InChI is InChI=1S/C12H12Cl2N2/c1-8(2)9-6-15-16(7-9)12-10(13)4-3-5-11(12)14/h3-8H,1-2H3. The van der Waals surface area contributed by atoms with E-state index in [1.54, 1.807) is 16.8 Å². The van der Waals surface area contributed by atoms with Crippen molar-refractivity contribution in [2.75, 3.05) is 0 Å². The molecule has 0 spiro atoms. The van der Waals surface area contributed by atoms with E-state index in [2.05, 4.69) is 18.9 Å². The monoisotopic (exact) mass is 254 g/mol. The summed E-state index contributed by atoms with van der Waals surface area (Å²) in [5.41, 5.74) is 1.90. The van der Waals surface area contributed by atoms with Gasteiger partial charge in [-0.25, -0.2) is 4.68 Å². The van der Waals surface area contributed by atoms with E-state index in [1.807, 2.05) is 18.5 Å². The molecule has 2 rings (SSSR count). The van der Waals surface area contributed by atoms with Gasteiger partial charge in [0.25, 0.3) is 0 Å². The van der Waals surface area contributed by atoms with Crippen LogP contribution in [-0.4, -0.2) is 9.78 Å². The van der Waals surface area contributed by atoms with E-state index in [-0.39, 0.29) is 0 Å². The van der Waals surface area contributed by atoms with Crippen molar-refractivity contribution >= 4 is 23.2 Å². The summed E-state index contributed by atoms with van der Waals surface area (Å²) in [6, 6.07) is 5.43. The summed E-state index contributed by atoms with van der Waals surface area (Å²) in [4.78, 5) is 0. The van der Waals surface area contributed by atoms with Crippen LogP contribution in [0.3, 0.4) is 0 Å². The van der Waals surface area contributed by atoms with Gasteiger partial charge in [-0.3, -0.25) is 0 Å². The molecule has 0 amide bonds. The molecule has 0 aliphatic rings. The largest absolute Gasteiger partial charge is 0.238 e. The van der Waals surface area contributed by atoms with Gasteiger partial charge in [-0.2, -0.15) is 5.10 Å². The summed E-state index contributed by atoms with van der Waals surface area (Å²) in [6.45, 7) is 4.24. The van der Waals surface area contributed by atoms with Crippen LogP contribution in [0.1, 0.15) is 25.3 Å². The molecule has 0 radical (unpaired) electrons. The summed E-state index contributed by atoms with van der Waals surface area (Å²) < 4.78 is 1.72. The van der Waals surface area contributed by atoms with E-state index in [9.17, 15) is 0 Å². The van der Waals surface area contributed by atoms with E-state index in [4.69, 9.17) is 23.2 Å². The molecule has 16 heavy (non-hydrogen) atoms. The third-order valence-electron chi connectivity index (χ3n) is 2.44. The first kappa shape index (κ1) is 11.5. The van der Waals surface area contributed by atoms with Crippen LogP contribution in [0.4, 0.5) is 0 Å². The van der Waals surface area contributed by atoms with Gasteiger partial charge in [-0.1, -0.05) is 43.1 Å². The van der Waals surface area contributed by atoms with Gasteiger partial charge in [-0.05, 0) is 23.6 Å². The second-order valence-corrected chi connectivity index (χ2v) is 4.76. The molecule has 0 saturated carbocycles. The Kier molecular flexibility index (Phi) is 3.22. The zero-order valence-electron chi connectivity index (χ0n) is 9.11. The highest BCUT2D eigenvalue weighted by atomic mass is 35.5. The number of aromatic nitrogens is 2. The Morgan fingerprint density at radius 1 is 1.19 bits per heavy atom. The van der Waals surface area contributed by atoms with Crippen LogP contribution in [0.25, 0.3) is 5.69 Å². The molecule has 0 fully saturated rings. The molecule has 0 bridgehead atoms. The SMILES string of the molecule is CC(C)c1cnn(-c2c(Cl)cccc2Cl)c1. The summed E-state index contributed by atoms with van der Waals surface area (Å²) in [5.74, 6) is 0.440. The van der Waals surface area contributed by atoms with Crippen LogP contribution in [0.5, 0.6) is 0 Å². The molecule has 1 aromatic heterocycles. The molecule has 1 aromatic carbocycles. The van der Waals surface area contributed by atoms with Crippen molar-refractivity contribution in [1.29, 1.82) is 0 Å². The van der Waals surface area contributed by atoms with Gasteiger partial charge in [0.2, 0.25) is 0 Å². The van der Waals surface area contributed by atoms with Gasteiger partial charge in [0.15, 0.2) is 0 Å². The van der Waals surface area contributed by atoms with Gasteiger partial charge in [0, 0.05) is 6.20 Å². The lowest BCUT2D eigenvalue weighted by atomic mass is 10.1. The minimum absolute atomic E-state index is 0.440. The second kappa shape index (κ2) is 4.48. The molecule has 0 saturated heterocycles. The Balaban J connectivity index is 2.50. The van der Waals surface area contributed by atoms with E-state index in [0.29, 0.717) is 16.0 Å². The summed E-state index contributed by atoms with van der Waals surface area (Å²) in [7, 11) is 0. The second-order valence-electron chi connectivity index (χ2n) is 3.94. The fraction of sp³-hybridized carbons (Fsp3) is 0.250. The smallest absolute Gasteiger partial charge is 0.102 e. The number of hydrogen-bond acceptors (Lipinski definition) is 1. The van der Waals surface area contributed by atoms with Crippen LogP contribution in [0.2, 0.25) is 10.0 Å². The molecular formula is C12H12Cl2N2. The normalized spacial score (nSPS) is 11.1. The molecule has 0 aliphatic carbocycles. The van der Waals surface area contributed by atoms with Crippen LogP contribution in [0, 0.1) is 0 Å². The van der Waals surface area contributed by atoms with Gasteiger partial charge in [0.05, 0.1) is 16.2 Å². The molecule has 0 N–H and O–H groups in total. The van der Waals surface area contributed by atoms with Crippen LogP contribution < -0.4 is 0 Å². The Morgan fingerprint density at radius 2 is 1.81 bits per heavy atom. The number of rotatable bonds is 2. The van der Waals surface area contributed by atoms with Crippen LogP contribution >= 0.6 is 23.2 Å². The fourth-order valence-corrected chi connectivity index (χ4v) is 2.04. The maximum absolute atomic E-state index is 6.11. The Labute approximate surface area is 105 Å². The van der Waals surface area contributed by atoms with Crippen molar-refractivity contribution < 1.29 is 0 Å². The average molecular weight is 255 g/mol. The van der Waals surface area contributed by atoms with Crippen molar-refractivity contribution in [2.24, 2.45) is 0 Å². The van der Waals surface area contributed by atoms with Gasteiger partial charge in [0.1, 0.15) is 5.69 Å². The molecule has 4 heteroatoms. The molecule has 2 aromatic rings. The molecule has 2 nitrogen and oxygen atoms in total. The van der Waals surface area contributed by atoms with Gasteiger partial charge < -0.3 is 0 Å². The van der Waals surface area contributed by atoms with E-state index < -0.39 is 0 Å². The molecule has 84 valence electrons. The number of halogens is 2. The van der Waals surface area contributed by atoms with Crippen molar-refractivity contribution in [3.05, 3.63) is 46.2 Å². The first-order valence-electron chi connectivity index (χ1n) is 5.08. The third-order valence-corrected chi connectivity index (χ3v) is 3.05. The predicted molar refractivity (Wildman–Crippen MR) is 67.7 cm³/mol. The van der Waals surface area contributed by atoms with Crippen molar-refractivity contribution in [2.45, 2.75) is 19.8 Å². The average Bonchev–Trinajstić information content (AvgIpc) is 2.66. The molecular weight excluding hydrogens is 243 g/mol. The lowest BCUT2D eigenvalue weighted by Gasteiger charge is -2.06. The summed E-state index contributed by atoms with van der Waals surface area (Å²) in [5, 5.41) is 5.48. The van der Waals surface area contributed by atoms with Crippen LogP contribution in [-0.2, 0) is 0 Å². The predicted octanol–water partition coefficient (Wildman–Crippen LogP) is 4.30. The Morgan fingerprint density at radius 3 is 2.31 bits per heavy atom. The topological polar surface area (TPSA) is 17.8 Å². The lowest BCUT2D eigenvalue weighted by molar-refractivity contribution is 0.858. The molecule has 0 unspecified atom stereocenters. The molecule has 0 aliphatic heterocycles. The number of hydrogen-bond donors (Lipinski definition) is 0. The zero-order chi connectivity index (χ0) is 11.7. The maximum Gasteiger partial charge on any atom is 0.102 e. The van der Waals surface area contributed by atoms with Crippen molar-refractivity contribution in [3.8, 4) is 5.69 Å². The summed E-state index contributed by atoms with van der Waals surface area (Å²) in [6.07, 6.45) is 3.79. The summed E-state index contributed by atoms with van der Waals surface area (Å²) >= 11 is 12.2. The third kappa shape index (κ3) is 2.08. The maximum atomic E-state index is 6.11. The Bertz CT molecular complexity index is 483. The van der Waals surface area contributed by atoms with Crippen molar-refractivity contribution in [3.63, 3.8) is 0 Å². The number of para-hydroxylation sites is 1. The van der Waals surface area contributed by atoms with E-state index in [0.717, 1.165) is 11.3 Å².